The van der Waals surface area contributed by atoms with Crippen LogP contribution in [-0.2, 0) is 0 Å². The zero-order valence-corrected chi connectivity index (χ0v) is 8.53. The highest BCUT2D eigenvalue weighted by Gasteiger charge is 2.39. The molecule has 0 N–H and O–H groups in total. The van der Waals surface area contributed by atoms with Crippen LogP contribution in [0, 0.1) is 13.8 Å². The number of aromatic nitrogens is 2. The third-order valence-corrected chi connectivity index (χ3v) is 2.31. The van der Waals surface area contributed by atoms with Crippen molar-refractivity contribution in [3.63, 3.8) is 0 Å². The largest absolute Gasteiger partial charge is 0.437 e. The van der Waals surface area contributed by atoms with Crippen molar-refractivity contribution < 1.29 is 18.4 Å². The number of fused-ring (bicyclic) bond motifs is 2. The summed E-state index contributed by atoms with van der Waals surface area (Å²) in [5, 5.41) is 0. The number of carbonyl (C=O) groups is 2. The van der Waals surface area contributed by atoms with Crippen molar-refractivity contribution >= 4 is 11.6 Å². The number of nitrogens with zero attached hydrogens (tertiary/aromatic N) is 2. The zero-order chi connectivity index (χ0) is 11.4. The van der Waals surface area contributed by atoms with Crippen LogP contribution in [0.15, 0.2) is 8.83 Å². The normalized spacial score (nSPS) is 13.9. The summed E-state index contributed by atoms with van der Waals surface area (Å²) in [6.45, 7) is 3.14. The van der Waals surface area contributed by atoms with E-state index < -0.39 is 11.6 Å². The van der Waals surface area contributed by atoms with Gasteiger partial charge in [0.1, 0.15) is 0 Å². The molecule has 0 unspecified atom stereocenters. The van der Waals surface area contributed by atoms with Crippen molar-refractivity contribution in [1.82, 2.24) is 9.97 Å². The van der Waals surface area contributed by atoms with Crippen LogP contribution in [-0.4, -0.2) is 21.5 Å². The Bertz CT molecular complexity index is 532. The molecule has 0 radical (unpaired) electrons. The smallest absolute Gasteiger partial charge is 0.253 e. The summed E-state index contributed by atoms with van der Waals surface area (Å²) in [6.07, 6.45) is 0. The SMILES string of the molecule is Cc1nc2c(o1)C(=O)c1nc(C)oc1C2=O. The van der Waals surface area contributed by atoms with Gasteiger partial charge in [0.05, 0.1) is 0 Å². The van der Waals surface area contributed by atoms with Gasteiger partial charge < -0.3 is 8.83 Å². The summed E-state index contributed by atoms with van der Waals surface area (Å²) in [5.74, 6) is -0.474. The molecule has 16 heavy (non-hydrogen) atoms. The van der Waals surface area contributed by atoms with Gasteiger partial charge in [0.2, 0.25) is 11.5 Å². The molecule has 2 heterocycles. The van der Waals surface area contributed by atoms with Crippen LogP contribution in [0.1, 0.15) is 44.3 Å². The van der Waals surface area contributed by atoms with E-state index in [1.165, 1.54) is 0 Å². The number of oxazole rings is 2. The Morgan fingerprint density at radius 1 is 0.812 bits per heavy atom. The minimum atomic E-state index is -0.456. The number of rotatable bonds is 0. The molecule has 1 aliphatic rings. The molecule has 1 aliphatic carbocycles. The Labute approximate surface area is 89.3 Å². The van der Waals surface area contributed by atoms with Crippen LogP contribution < -0.4 is 0 Å². The van der Waals surface area contributed by atoms with Gasteiger partial charge in [-0.15, -0.1) is 0 Å². The Kier molecular flexibility index (Phi) is 1.50. The molecule has 6 heteroatoms. The van der Waals surface area contributed by atoms with E-state index in [1.807, 2.05) is 0 Å². The zero-order valence-electron chi connectivity index (χ0n) is 8.53. The topological polar surface area (TPSA) is 86.2 Å². The molecular formula is C10H6N2O4. The third-order valence-electron chi connectivity index (χ3n) is 2.31. The highest BCUT2D eigenvalue weighted by Crippen LogP contribution is 2.27. The monoisotopic (exact) mass is 218 g/mol. The van der Waals surface area contributed by atoms with E-state index in [9.17, 15) is 9.59 Å². The molecule has 0 amide bonds. The minimum absolute atomic E-state index is 0.00569. The third kappa shape index (κ3) is 0.955. The van der Waals surface area contributed by atoms with E-state index in [0.717, 1.165) is 0 Å². The molecule has 3 rings (SSSR count). The molecule has 2 aromatic heterocycles. The second kappa shape index (κ2) is 2.66. The van der Waals surface area contributed by atoms with E-state index in [0.29, 0.717) is 0 Å². The van der Waals surface area contributed by atoms with Gasteiger partial charge in [0, 0.05) is 13.8 Å². The average molecular weight is 218 g/mol. The van der Waals surface area contributed by atoms with E-state index in [2.05, 4.69) is 9.97 Å². The van der Waals surface area contributed by atoms with Crippen molar-refractivity contribution in [2.75, 3.05) is 0 Å². The summed E-state index contributed by atoms with van der Waals surface area (Å²) in [7, 11) is 0. The first-order chi connectivity index (χ1) is 7.58. The van der Waals surface area contributed by atoms with Crippen LogP contribution in [0.3, 0.4) is 0 Å². The highest BCUT2D eigenvalue weighted by atomic mass is 16.4. The summed E-state index contributed by atoms with van der Waals surface area (Å²) >= 11 is 0. The fraction of sp³-hybridized carbons (Fsp3) is 0.200. The van der Waals surface area contributed by atoms with Gasteiger partial charge in [0.25, 0.3) is 11.6 Å². The second-order valence-corrected chi connectivity index (χ2v) is 3.48. The molecule has 80 valence electrons. The lowest BCUT2D eigenvalue weighted by Gasteiger charge is -2.03. The standard InChI is InChI=1S/C10H6N2O4/c1-3-11-5-7(13)10-6(12-4(2)16-10)8(14)9(5)15-3/h1-2H3. The van der Waals surface area contributed by atoms with Crippen LogP contribution in [0.5, 0.6) is 0 Å². The van der Waals surface area contributed by atoms with Crippen LogP contribution in [0.25, 0.3) is 0 Å². The summed E-state index contributed by atoms with van der Waals surface area (Å²) < 4.78 is 10.2. The first-order valence-corrected chi connectivity index (χ1v) is 4.62. The molecular weight excluding hydrogens is 212 g/mol. The number of aryl methyl sites for hydroxylation is 2. The predicted octanol–water partition coefficient (Wildman–Crippen LogP) is 1.05. The van der Waals surface area contributed by atoms with Gasteiger partial charge >= 0.3 is 0 Å². The van der Waals surface area contributed by atoms with Crippen LogP contribution >= 0.6 is 0 Å². The first-order valence-electron chi connectivity index (χ1n) is 4.62. The van der Waals surface area contributed by atoms with E-state index in [-0.39, 0.29) is 34.7 Å². The van der Waals surface area contributed by atoms with Gasteiger partial charge in [-0.1, -0.05) is 0 Å². The van der Waals surface area contributed by atoms with Crippen molar-refractivity contribution in [3.8, 4) is 0 Å². The van der Waals surface area contributed by atoms with Crippen LogP contribution in [0.2, 0.25) is 0 Å². The van der Waals surface area contributed by atoms with Gasteiger partial charge in [-0.3, -0.25) is 9.59 Å². The summed E-state index contributed by atoms with van der Waals surface area (Å²) in [4.78, 5) is 31.5. The molecule has 0 bridgehead atoms. The summed E-state index contributed by atoms with van der Waals surface area (Å²) in [6, 6.07) is 0. The Morgan fingerprint density at radius 2 is 1.19 bits per heavy atom. The molecule has 0 aliphatic heterocycles. The van der Waals surface area contributed by atoms with Gasteiger partial charge in [-0.2, -0.15) is 0 Å². The highest BCUT2D eigenvalue weighted by molar-refractivity contribution is 6.24. The fourth-order valence-corrected chi connectivity index (χ4v) is 1.68. The van der Waals surface area contributed by atoms with Gasteiger partial charge in [-0.25, -0.2) is 9.97 Å². The summed E-state index contributed by atoms with van der Waals surface area (Å²) in [5.41, 5.74) is 0.0114. The molecule has 0 aromatic carbocycles. The maximum atomic E-state index is 11.9. The van der Waals surface area contributed by atoms with E-state index in [1.54, 1.807) is 13.8 Å². The Balaban J connectivity index is 2.32. The maximum Gasteiger partial charge on any atom is 0.253 e. The predicted molar refractivity (Wildman–Crippen MR) is 49.3 cm³/mol. The number of hydrogen-bond donors (Lipinski definition) is 0. The Morgan fingerprint density at radius 3 is 1.56 bits per heavy atom. The van der Waals surface area contributed by atoms with Crippen molar-refractivity contribution in [3.05, 3.63) is 34.7 Å². The van der Waals surface area contributed by atoms with E-state index in [4.69, 9.17) is 8.83 Å². The van der Waals surface area contributed by atoms with Crippen molar-refractivity contribution in [2.24, 2.45) is 0 Å². The first kappa shape index (κ1) is 9.02. The van der Waals surface area contributed by atoms with Gasteiger partial charge in [-0.05, 0) is 0 Å². The van der Waals surface area contributed by atoms with Crippen molar-refractivity contribution in [1.29, 1.82) is 0 Å². The number of hydrogen-bond acceptors (Lipinski definition) is 6. The lowest BCUT2D eigenvalue weighted by atomic mass is 10.0. The average Bonchev–Trinajstić information content (AvgIpc) is 2.78. The lowest BCUT2D eigenvalue weighted by Crippen LogP contribution is -2.19. The lowest BCUT2D eigenvalue weighted by molar-refractivity contribution is 0.0939. The maximum absolute atomic E-state index is 11.9. The van der Waals surface area contributed by atoms with Crippen LogP contribution in [0.4, 0.5) is 0 Å². The molecule has 0 fully saturated rings. The quantitative estimate of drug-likeness (QED) is 0.560. The minimum Gasteiger partial charge on any atom is -0.437 e. The fourth-order valence-electron chi connectivity index (χ4n) is 1.68. The van der Waals surface area contributed by atoms with Crippen molar-refractivity contribution in [2.45, 2.75) is 13.8 Å². The second-order valence-electron chi connectivity index (χ2n) is 3.48. The Hall–Kier alpha value is -2.24. The van der Waals surface area contributed by atoms with E-state index >= 15 is 0 Å². The molecule has 2 aromatic rings. The molecule has 0 spiro atoms. The molecule has 6 nitrogen and oxygen atoms in total. The molecule has 0 saturated heterocycles. The number of ketones is 2. The number of carbonyl (C=O) groups excluding carboxylic acids is 2. The van der Waals surface area contributed by atoms with Gasteiger partial charge in [0.15, 0.2) is 23.2 Å². The molecule has 0 saturated carbocycles. The molecule has 0 atom stereocenters.